The van der Waals surface area contributed by atoms with E-state index < -0.39 is 32.4 Å². The summed E-state index contributed by atoms with van der Waals surface area (Å²) in [5.74, 6) is -5.12. The highest BCUT2D eigenvalue weighted by Gasteiger charge is 2.24. The van der Waals surface area contributed by atoms with Crippen LogP contribution in [-0.2, 0) is 16.6 Å². The number of benzene rings is 1. The summed E-state index contributed by atoms with van der Waals surface area (Å²) in [6.45, 7) is -0.378. The number of halogens is 3. The molecular formula is C8H6F3N5O2S. The number of H-pyrrole nitrogens is 1. The number of nitrogens with zero attached hydrogens (tertiary/aromatic N) is 3. The minimum absolute atomic E-state index is 0.00608. The van der Waals surface area contributed by atoms with Gasteiger partial charge in [-0.2, -0.15) is 5.21 Å². The van der Waals surface area contributed by atoms with E-state index in [0.29, 0.717) is 12.1 Å². The van der Waals surface area contributed by atoms with Crippen molar-refractivity contribution < 1.29 is 21.6 Å². The Morgan fingerprint density at radius 3 is 2.58 bits per heavy atom. The van der Waals surface area contributed by atoms with Crippen LogP contribution in [0, 0.1) is 17.5 Å². The first-order chi connectivity index (χ1) is 8.92. The van der Waals surface area contributed by atoms with E-state index >= 15 is 0 Å². The lowest BCUT2D eigenvalue weighted by Crippen LogP contribution is -2.25. The van der Waals surface area contributed by atoms with E-state index in [-0.39, 0.29) is 12.4 Å². The monoisotopic (exact) mass is 293 g/mol. The van der Waals surface area contributed by atoms with Gasteiger partial charge in [0.05, 0.1) is 6.54 Å². The molecule has 0 aliphatic carbocycles. The standard InChI is InChI=1S/C8H6F3N5O2S/c9-4-1-2-5(8(11)7(4)10)19(17,18)12-3-6-13-15-16-14-6/h1-2,12H,3H2,(H,13,14,15,16). The molecule has 0 aliphatic heterocycles. The minimum atomic E-state index is -4.36. The van der Waals surface area contributed by atoms with Crippen molar-refractivity contribution >= 4 is 10.0 Å². The van der Waals surface area contributed by atoms with Gasteiger partial charge in [-0.25, -0.2) is 26.3 Å². The van der Waals surface area contributed by atoms with Gasteiger partial charge in [-0.15, -0.1) is 10.2 Å². The molecule has 0 radical (unpaired) electrons. The van der Waals surface area contributed by atoms with Crippen LogP contribution in [0.1, 0.15) is 5.82 Å². The lowest BCUT2D eigenvalue weighted by Gasteiger charge is -2.06. The third-order valence-corrected chi connectivity index (χ3v) is 3.52. The zero-order valence-corrected chi connectivity index (χ0v) is 9.88. The van der Waals surface area contributed by atoms with E-state index in [1.54, 1.807) is 0 Å². The number of sulfonamides is 1. The average Bonchev–Trinajstić information content (AvgIpc) is 2.86. The van der Waals surface area contributed by atoms with Crippen LogP contribution in [0.25, 0.3) is 0 Å². The third-order valence-electron chi connectivity index (χ3n) is 2.10. The van der Waals surface area contributed by atoms with Crippen molar-refractivity contribution in [3.8, 4) is 0 Å². The number of hydrogen-bond donors (Lipinski definition) is 2. The molecule has 0 saturated carbocycles. The van der Waals surface area contributed by atoms with Gasteiger partial charge in [0.2, 0.25) is 10.0 Å². The van der Waals surface area contributed by atoms with Crippen molar-refractivity contribution in [2.24, 2.45) is 0 Å². The maximum atomic E-state index is 13.3. The molecule has 7 nitrogen and oxygen atoms in total. The summed E-state index contributed by atoms with van der Waals surface area (Å²) in [5.41, 5.74) is 0. The predicted molar refractivity (Wildman–Crippen MR) is 54.5 cm³/mol. The number of aromatic amines is 1. The normalized spacial score (nSPS) is 11.7. The molecule has 0 spiro atoms. The Bertz CT molecular complexity index is 689. The molecule has 1 aromatic carbocycles. The molecule has 1 heterocycles. The largest absolute Gasteiger partial charge is 0.244 e. The molecule has 0 atom stereocenters. The van der Waals surface area contributed by atoms with Crippen LogP contribution in [0.2, 0.25) is 0 Å². The van der Waals surface area contributed by atoms with Crippen LogP contribution in [0.15, 0.2) is 17.0 Å². The molecule has 2 N–H and O–H groups in total. The first-order valence-electron chi connectivity index (χ1n) is 4.77. The highest BCUT2D eigenvalue weighted by atomic mass is 32.2. The van der Waals surface area contributed by atoms with Gasteiger partial charge in [-0.3, -0.25) is 0 Å². The highest BCUT2D eigenvalue weighted by Crippen LogP contribution is 2.19. The van der Waals surface area contributed by atoms with Crippen LogP contribution in [0.5, 0.6) is 0 Å². The molecule has 0 aliphatic rings. The molecule has 1 aromatic heterocycles. The minimum Gasteiger partial charge on any atom is -0.207 e. The summed E-state index contributed by atoms with van der Waals surface area (Å²) in [5, 5.41) is 12.2. The average molecular weight is 293 g/mol. The van der Waals surface area contributed by atoms with E-state index in [1.807, 2.05) is 4.72 Å². The Hall–Kier alpha value is -2.01. The zero-order valence-electron chi connectivity index (χ0n) is 9.06. The fourth-order valence-electron chi connectivity index (χ4n) is 1.21. The third kappa shape index (κ3) is 2.71. The summed E-state index contributed by atoms with van der Waals surface area (Å²) >= 11 is 0. The summed E-state index contributed by atoms with van der Waals surface area (Å²) in [6, 6.07) is 1.13. The summed E-state index contributed by atoms with van der Waals surface area (Å²) in [7, 11) is -4.36. The Morgan fingerprint density at radius 1 is 1.21 bits per heavy atom. The van der Waals surface area contributed by atoms with E-state index in [9.17, 15) is 21.6 Å². The lowest BCUT2D eigenvalue weighted by atomic mass is 10.3. The molecule has 19 heavy (non-hydrogen) atoms. The van der Waals surface area contributed by atoms with Gasteiger partial charge in [0.25, 0.3) is 0 Å². The molecule has 11 heteroatoms. The van der Waals surface area contributed by atoms with Crippen molar-refractivity contribution in [3.63, 3.8) is 0 Å². The van der Waals surface area contributed by atoms with Crippen LogP contribution >= 0.6 is 0 Å². The maximum absolute atomic E-state index is 13.3. The van der Waals surface area contributed by atoms with Crippen LogP contribution in [0.3, 0.4) is 0 Å². The molecule has 0 fully saturated rings. The fourth-order valence-corrected chi connectivity index (χ4v) is 2.26. The van der Waals surface area contributed by atoms with Crippen molar-refractivity contribution in [2.45, 2.75) is 11.4 Å². The van der Waals surface area contributed by atoms with Crippen molar-refractivity contribution in [2.75, 3.05) is 0 Å². The topological polar surface area (TPSA) is 101 Å². The van der Waals surface area contributed by atoms with Crippen molar-refractivity contribution in [1.29, 1.82) is 0 Å². The molecule has 2 rings (SSSR count). The van der Waals surface area contributed by atoms with Crippen LogP contribution in [-0.4, -0.2) is 29.0 Å². The summed E-state index contributed by atoms with van der Waals surface area (Å²) in [6.07, 6.45) is 0. The SMILES string of the molecule is O=S(=O)(NCc1nn[nH]n1)c1ccc(F)c(F)c1F. The Labute approximate surface area is 104 Å². The van der Waals surface area contributed by atoms with E-state index in [4.69, 9.17) is 0 Å². The number of nitrogens with one attached hydrogen (secondary N) is 2. The van der Waals surface area contributed by atoms with Gasteiger partial charge in [-0.05, 0) is 12.1 Å². The Balaban J connectivity index is 2.27. The molecule has 0 bridgehead atoms. The van der Waals surface area contributed by atoms with Gasteiger partial charge in [0.1, 0.15) is 4.90 Å². The number of tetrazole rings is 1. The van der Waals surface area contributed by atoms with Gasteiger partial charge in [0.15, 0.2) is 23.3 Å². The Morgan fingerprint density at radius 2 is 1.95 bits per heavy atom. The van der Waals surface area contributed by atoms with Crippen LogP contribution < -0.4 is 4.72 Å². The molecular weight excluding hydrogens is 287 g/mol. The van der Waals surface area contributed by atoms with E-state index in [0.717, 1.165) is 0 Å². The second-order valence-corrected chi connectivity index (χ2v) is 5.06. The predicted octanol–water partition coefficient (Wildman–Crippen LogP) is 0.0955. The summed E-state index contributed by atoms with van der Waals surface area (Å²) in [4.78, 5) is -1.00. The zero-order chi connectivity index (χ0) is 14.0. The molecule has 2 aromatic rings. The van der Waals surface area contributed by atoms with Crippen molar-refractivity contribution in [1.82, 2.24) is 25.3 Å². The quantitative estimate of drug-likeness (QED) is 0.778. The summed E-state index contributed by atoms with van der Waals surface area (Å²) < 4.78 is 64.3. The second kappa shape index (κ2) is 4.93. The lowest BCUT2D eigenvalue weighted by molar-refractivity contribution is 0.431. The maximum Gasteiger partial charge on any atom is 0.244 e. The Kier molecular flexibility index (Phi) is 3.48. The molecule has 0 saturated heterocycles. The second-order valence-electron chi connectivity index (χ2n) is 3.33. The molecule has 102 valence electrons. The van der Waals surface area contributed by atoms with Crippen molar-refractivity contribution in [3.05, 3.63) is 35.4 Å². The number of aromatic nitrogens is 4. The van der Waals surface area contributed by atoms with E-state index in [1.165, 1.54) is 0 Å². The van der Waals surface area contributed by atoms with Gasteiger partial charge in [0, 0.05) is 0 Å². The smallest absolute Gasteiger partial charge is 0.207 e. The van der Waals surface area contributed by atoms with Gasteiger partial charge in [-0.1, -0.05) is 5.21 Å². The van der Waals surface area contributed by atoms with Gasteiger partial charge >= 0.3 is 0 Å². The van der Waals surface area contributed by atoms with Gasteiger partial charge < -0.3 is 0 Å². The molecule has 0 unspecified atom stereocenters. The number of rotatable bonds is 4. The number of hydrogen-bond acceptors (Lipinski definition) is 5. The van der Waals surface area contributed by atoms with Crippen LogP contribution in [0.4, 0.5) is 13.2 Å². The van der Waals surface area contributed by atoms with E-state index in [2.05, 4.69) is 20.6 Å². The highest BCUT2D eigenvalue weighted by molar-refractivity contribution is 7.89. The fraction of sp³-hybridized carbons (Fsp3) is 0.125. The molecule has 0 amide bonds. The first kappa shape index (κ1) is 13.4. The first-order valence-corrected chi connectivity index (χ1v) is 6.25.